The van der Waals surface area contributed by atoms with Crippen molar-refractivity contribution < 1.29 is 9.59 Å². The molecular formula is C18H19ClN2O2. The minimum atomic E-state index is -0.662. The van der Waals surface area contributed by atoms with E-state index in [9.17, 15) is 9.59 Å². The van der Waals surface area contributed by atoms with E-state index >= 15 is 0 Å². The maximum atomic E-state index is 11.9. The van der Waals surface area contributed by atoms with Crippen LogP contribution in [0.2, 0.25) is 5.02 Å². The molecule has 0 atom stereocenters. The Balaban J connectivity index is 1.85. The van der Waals surface area contributed by atoms with Crippen LogP contribution in [0.15, 0.2) is 42.5 Å². The van der Waals surface area contributed by atoms with Gasteiger partial charge in [0, 0.05) is 17.3 Å². The Hall–Kier alpha value is -2.33. The van der Waals surface area contributed by atoms with Gasteiger partial charge >= 0.3 is 11.8 Å². The molecule has 0 heterocycles. The van der Waals surface area contributed by atoms with E-state index < -0.39 is 11.8 Å². The smallest absolute Gasteiger partial charge is 0.313 e. The Morgan fingerprint density at radius 1 is 1.04 bits per heavy atom. The standard InChI is InChI=1S/C18H19ClN2O2/c1-12-5-3-8-16(13(12)2)21-18(23)17(22)20-10-9-14-6-4-7-15(19)11-14/h3-8,11H,9-10H2,1-2H3,(H,20,22)(H,21,23). The van der Waals surface area contributed by atoms with Gasteiger partial charge in [0.2, 0.25) is 0 Å². The van der Waals surface area contributed by atoms with Crippen LogP contribution in [0.5, 0.6) is 0 Å². The Labute approximate surface area is 140 Å². The van der Waals surface area contributed by atoms with E-state index in [2.05, 4.69) is 10.6 Å². The van der Waals surface area contributed by atoms with Crippen molar-refractivity contribution in [2.24, 2.45) is 0 Å². The van der Waals surface area contributed by atoms with E-state index in [0.29, 0.717) is 23.7 Å². The van der Waals surface area contributed by atoms with Gasteiger partial charge in [-0.3, -0.25) is 9.59 Å². The second kappa shape index (κ2) is 7.79. The summed E-state index contributed by atoms with van der Waals surface area (Å²) in [5, 5.41) is 5.90. The number of rotatable bonds is 4. The lowest BCUT2D eigenvalue weighted by Crippen LogP contribution is -2.36. The Morgan fingerprint density at radius 2 is 1.78 bits per heavy atom. The molecule has 0 aliphatic heterocycles. The quantitative estimate of drug-likeness (QED) is 0.845. The van der Waals surface area contributed by atoms with E-state index in [-0.39, 0.29) is 0 Å². The Kier molecular flexibility index (Phi) is 5.77. The van der Waals surface area contributed by atoms with Gasteiger partial charge in [0.25, 0.3) is 0 Å². The van der Waals surface area contributed by atoms with Gasteiger partial charge in [-0.05, 0) is 55.2 Å². The van der Waals surface area contributed by atoms with Crippen molar-refractivity contribution >= 4 is 29.1 Å². The monoisotopic (exact) mass is 330 g/mol. The molecule has 120 valence electrons. The van der Waals surface area contributed by atoms with Crippen molar-refractivity contribution in [1.82, 2.24) is 5.32 Å². The summed E-state index contributed by atoms with van der Waals surface area (Å²) < 4.78 is 0. The van der Waals surface area contributed by atoms with Gasteiger partial charge in [-0.15, -0.1) is 0 Å². The van der Waals surface area contributed by atoms with Crippen LogP contribution in [-0.2, 0) is 16.0 Å². The first-order chi connectivity index (χ1) is 11.0. The Bertz CT molecular complexity index is 729. The van der Waals surface area contributed by atoms with E-state index in [1.165, 1.54) is 0 Å². The molecule has 0 aliphatic rings. The molecule has 0 bridgehead atoms. The number of hydrogen-bond acceptors (Lipinski definition) is 2. The number of nitrogens with one attached hydrogen (secondary N) is 2. The van der Waals surface area contributed by atoms with Gasteiger partial charge in [-0.2, -0.15) is 0 Å². The summed E-state index contributed by atoms with van der Waals surface area (Å²) >= 11 is 5.90. The fourth-order valence-electron chi connectivity index (χ4n) is 2.16. The molecule has 0 unspecified atom stereocenters. The third-order valence-corrected chi connectivity index (χ3v) is 3.88. The predicted octanol–water partition coefficient (Wildman–Crippen LogP) is 3.25. The zero-order valence-corrected chi connectivity index (χ0v) is 13.9. The number of carbonyl (C=O) groups excluding carboxylic acids is 2. The molecule has 0 saturated heterocycles. The molecule has 2 rings (SSSR count). The zero-order valence-electron chi connectivity index (χ0n) is 13.2. The van der Waals surface area contributed by atoms with Crippen LogP contribution >= 0.6 is 11.6 Å². The van der Waals surface area contributed by atoms with Crippen molar-refractivity contribution in [3.8, 4) is 0 Å². The molecule has 2 aromatic rings. The molecule has 0 aliphatic carbocycles. The minimum absolute atomic E-state index is 0.374. The van der Waals surface area contributed by atoms with Crippen molar-refractivity contribution in [1.29, 1.82) is 0 Å². The van der Waals surface area contributed by atoms with Crippen LogP contribution in [0.25, 0.3) is 0 Å². The first-order valence-corrected chi connectivity index (χ1v) is 7.75. The number of carbonyl (C=O) groups is 2. The number of hydrogen-bond donors (Lipinski definition) is 2. The number of amides is 2. The maximum absolute atomic E-state index is 11.9. The van der Waals surface area contributed by atoms with Gasteiger partial charge in [0.1, 0.15) is 0 Å². The molecule has 0 fully saturated rings. The van der Waals surface area contributed by atoms with Gasteiger partial charge in [0.15, 0.2) is 0 Å². The highest BCUT2D eigenvalue weighted by molar-refractivity contribution is 6.39. The zero-order chi connectivity index (χ0) is 16.8. The summed E-state index contributed by atoms with van der Waals surface area (Å²) in [7, 11) is 0. The molecule has 5 heteroatoms. The maximum Gasteiger partial charge on any atom is 0.313 e. The highest BCUT2D eigenvalue weighted by Crippen LogP contribution is 2.17. The molecule has 0 saturated carbocycles. The third kappa shape index (κ3) is 4.83. The van der Waals surface area contributed by atoms with Crippen molar-refractivity contribution in [3.05, 3.63) is 64.2 Å². The topological polar surface area (TPSA) is 58.2 Å². The minimum Gasteiger partial charge on any atom is -0.347 e. The van der Waals surface area contributed by atoms with Crippen LogP contribution < -0.4 is 10.6 Å². The lowest BCUT2D eigenvalue weighted by atomic mass is 10.1. The van der Waals surface area contributed by atoms with Crippen molar-refractivity contribution in [2.45, 2.75) is 20.3 Å². The molecule has 0 radical (unpaired) electrons. The number of benzene rings is 2. The van der Waals surface area contributed by atoms with Crippen molar-refractivity contribution in [2.75, 3.05) is 11.9 Å². The summed E-state index contributed by atoms with van der Waals surface area (Å²) in [5.41, 5.74) is 3.67. The average Bonchev–Trinajstić information content (AvgIpc) is 2.51. The van der Waals surface area contributed by atoms with Gasteiger partial charge in [-0.25, -0.2) is 0 Å². The van der Waals surface area contributed by atoms with E-state index in [0.717, 1.165) is 16.7 Å². The normalized spacial score (nSPS) is 10.2. The highest BCUT2D eigenvalue weighted by Gasteiger charge is 2.14. The first kappa shape index (κ1) is 17.0. The second-order valence-electron chi connectivity index (χ2n) is 5.34. The van der Waals surface area contributed by atoms with E-state index in [1.54, 1.807) is 12.1 Å². The van der Waals surface area contributed by atoms with E-state index in [1.807, 2.05) is 44.2 Å². The molecule has 2 N–H and O–H groups in total. The first-order valence-electron chi connectivity index (χ1n) is 7.37. The highest BCUT2D eigenvalue weighted by atomic mass is 35.5. The van der Waals surface area contributed by atoms with Crippen LogP contribution in [-0.4, -0.2) is 18.4 Å². The third-order valence-electron chi connectivity index (χ3n) is 3.65. The van der Waals surface area contributed by atoms with Crippen LogP contribution in [0.3, 0.4) is 0 Å². The summed E-state index contributed by atoms with van der Waals surface area (Å²) in [6, 6.07) is 13.0. The molecule has 2 aromatic carbocycles. The van der Waals surface area contributed by atoms with E-state index in [4.69, 9.17) is 11.6 Å². The largest absolute Gasteiger partial charge is 0.347 e. The fourth-order valence-corrected chi connectivity index (χ4v) is 2.37. The Morgan fingerprint density at radius 3 is 2.52 bits per heavy atom. The van der Waals surface area contributed by atoms with Crippen LogP contribution in [0.4, 0.5) is 5.69 Å². The molecular weight excluding hydrogens is 312 g/mol. The van der Waals surface area contributed by atoms with Gasteiger partial charge in [0.05, 0.1) is 0 Å². The van der Waals surface area contributed by atoms with Gasteiger partial charge < -0.3 is 10.6 Å². The van der Waals surface area contributed by atoms with Crippen LogP contribution in [0.1, 0.15) is 16.7 Å². The number of aryl methyl sites for hydroxylation is 1. The second-order valence-corrected chi connectivity index (χ2v) is 5.77. The average molecular weight is 331 g/mol. The lowest BCUT2D eigenvalue weighted by Gasteiger charge is -2.10. The molecule has 23 heavy (non-hydrogen) atoms. The molecule has 2 amide bonds. The molecule has 0 aromatic heterocycles. The molecule has 4 nitrogen and oxygen atoms in total. The van der Waals surface area contributed by atoms with Gasteiger partial charge in [-0.1, -0.05) is 35.9 Å². The summed E-state index contributed by atoms with van der Waals surface area (Å²) in [6.07, 6.45) is 0.614. The summed E-state index contributed by atoms with van der Waals surface area (Å²) in [5.74, 6) is -1.31. The summed E-state index contributed by atoms with van der Waals surface area (Å²) in [6.45, 7) is 4.23. The number of halogens is 1. The van der Waals surface area contributed by atoms with Crippen LogP contribution in [0, 0.1) is 13.8 Å². The number of anilines is 1. The fraction of sp³-hybridized carbons (Fsp3) is 0.222. The lowest BCUT2D eigenvalue weighted by molar-refractivity contribution is -0.136. The molecule has 0 spiro atoms. The van der Waals surface area contributed by atoms with Crippen molar-refractivity contribution in [3.63, 3.8) is 0 Å². The summed E-state index contributed by atoms with van der Waals surface area (Å²) in [4.78, 5) is 23.8. The SMILES string of the molecule is Cc1cccc(NC(=O)C(=O)NCCc2cccc(Cl)c2)c1C. The predicted molar refractivity (Wildman–Crippen MR) is 92.7 cm³/mol.